The molecule has 5 heterocycles. The maximum atomic E-state index is 12.0. The molecule has 52 heavy (non-hydrogen) atoms. The largest absolute Gasteiger partial charge is 0.427 e. The Morgan fingerprint density at radius 2 is 0.788 bits per heavy atom. The lowest BCUT2D eigenvalue weighted by Gasteiger charge is -2.08. The van der Waals surface area contributed by atoms with Gasteiger partial charge in [0.2, 0.25) is 0 Å². The van der Waals surface area contributed by atoms with Crippen molar-refractivity contribution >= 4 is 52.3 Å². The fourth-order valence-electron chi connectivity index (χ4n) is 7.12. The van der Waals surface area contributed by atoms with Gasteiger partial charge in [-0.2, -0.15) is 0 Å². The molecule has 2 aliphatic heterocycles. The molecule has 9 rings (SSSR count). The summed E-state index contributed by atoms with van der Waals surface area (Å²) in [6.07, 6.45) is 8.34. The highest BCUT2D eigenvalue weighted by molar-refractivity contribution is 5.99. The lowest BCUT2D eigenvalue weighted by Crippen LogP contribution is -2.01. The molecule has 248 valence electrons. The molecule has 0 spiro atoms. The average Bonchev–Trinajstić information content (AvgIpc) is 4.01. The zero-order valence-electron chi connectivity index (χ0n) is 28.3. The Kier molecular flexibility index (Phi) is 7.75. The van der Waals surface area contributed by atoms with Gasteiger partial charge in [-0.1, -0.05) is 103 Å². The van der Waals surface area contributed by atoms with Crippen molar-refractivity contribution in [3.05, 3.63) is 162 Å². The predicted molar refractivity (Wildman–Crippen MR) is 212 cm³/mol. The molecule has 0 unspecified atom stereocenters. The van der Waals surface area contributed by atoms with Crippen molar-refractivity contribution in [3.63, 3.8) is 0 Å². The van der Waals surface area contributed by atoms with Crippen molar-refractivity contribution in [2.75, 3.05) is 0 Å². The van der Waals surface area contributed by atoms with E-state index < -0.39 is 0 Å². The van der Waals surface area contributed by atoms with Gasteiger partial charge in [0.1, 0.15) is 5.75 Å². The summed E-state index contributed by atoms with van der Waals surface area (Å²) in [7, 11) is 0. The van der Waals surface area contributed by atoms with Crippen LogP contribution >= 0.6 is 0 Å². The first kappa shape index (κ1) is 31.0. The van der Waals surface area contributed by atoms with Crippen LogP contribution in [0.3, 0.4) is 0 Å². The number of nitrogens with zero attached hydrogens (tertiary/aromatic N) is 2. The topological polar surface area (TPSA) is 83.7 Å². The van der Waals surface area contributed by atoms with E-state index in [0.29, 0.717) is 5.75 Å². The maximum absolute atomic E-state index is 12.0. The number of rotatable bonds is 5. The number of fused-ring (bicyclic) bond motifs is 8. The number of carbonyl (C=O) groups is 1. The molecule has 2 aliphatic rings. The SMILES string of the molecule is CC(=O)Oc1cccc(-c2c3nc(c(-c4ccccc4)c4ccc([nH]4)c(-c4ccccc4)c4nc(c(-c5ccccc5)c5ccc2[nH]5)C=C4)C=C3)c1. The molecule has 8 bridgehead atoms. The molecule has 2 N–H and O–H groups in total. The molecule has 0 radical (unpaired) electrons. The van der Waals surface area contributed by atoms with E-state index in [2.05, 4.69) is 107 Å². The van der Waals surface area contributed by atoms with E-state index in [1.54, 1.807) is 6.07 Å². The summed E-state index contributed by atoms with van der Waals surface area (Å²) in [5.74, 6) is 0.0916. The predicted octanol–water partition coefficient (Wildman–Crippen LogP) is 11.2. The van der Waals surface area contributed by atoms with Crippen molar-refractivity contribution in [1.82, 2.24) is 19.9 Å². The van der Waals surface area contributed by atoms with E-state index in [1.807, 2.05) is 60.7 Å². The molecule has 6 heteroatoms. The summed E-state index contributed by atoms with van der Waals surface area (Å²) in [6.45, 7) is 1.41. The van der Waals surface area contributed by atoms with Gasteiger partial charge in [0.15, 0.2) is 0 Å². The molecular weight excluding hydrogens is 641 g/mol. The molecule has 0 atom stereocenters. The normalized spacial score (nSPS) is 11.9. The lowest BCUT2D eigenvalue weighted by atomic mass is 10.0. The monoisotopic (exact) mass is 672 g/mol. The lowest BCUT2D eigenvalue weighted by molar-refractivity contribution is -0.131. The smallest absolute Gasteiger partial charge is 0.308 e. The van der Waals surface area contributed by atoms with Crippen LogP contribution in [-0.4, -0.2) is 25.9 Å². The van der Waals surface area contributed by atoms with Gasteiger partial charge >= 0.3 is 5.97 Å². The van der Waals surface area contributed by atoms with Gasteiger partial charge in [0.25, 0.3) is 0 Å². The van der Waals surface area contributed by atoms with Crippen LogP contribution in [0.4, 0.5) is 0 Å². The fraction of sp³-hybridized carbons (Fsp3) is 0.0217. The van der Waals surface area contributed by atoms with Gasteiger partial charge < -0.3 is 14.7 Å². The Morgan fingerprint density at radius 1 is 0.442 bits per heavy atom. The summed E-state index contributed by atoms with van der Waals surface area (Å²) < 4.78 is 5.53. The van der Waals surface area contributed by atoms with Gasteiger partial charge in [-0.15, -0.1) is 0 Å². The molecule has 3 aromatic heterocycles. The second kappa shape index (κ2) is 13.0. The molecule has 0 fully saturated rings. The first-order valence-corrected chi connectivity index (χ1v) is 17.2. The Morgan fingerprint density at radius 3 is 1.15 bits per heavy atom. The Labute approximate surface area is 300 Å². The minimum absolute atomic E-state index is 0.375. The molecule has 0 aliphatic carbocycles. The number of hydrogen-bond acceptors (Lipinski definition) is 4. The van der Waals surface area contributed by atoms with Crippen molar-refractivity contribution in [2.45, 2.75) is 6.92 Å². The average molecular weight is 673 g/mol. The number of nitrogens with one attached hydrogen (secondary N) is 2. The van der Waals surface area contributed by atoms with Gasteiger partial charge in [-0.25, -0.2) is 9.97 Å². The first-order chi connectivity index (χ1) is 25.6. The number of aromatic amines is 2. The van der Waals surface area contributed by atoms with Crippen LogP contribution in [0.2, 0.25) is 0 Å². The van der Waals surface area contributed by atoms with Crippen molar-refractivity contribution < 1.29 is 9.53 Å². The van der Waals surface area contributed by atoms with E-state index in [9.17, 15) is 4.79 Å². The van der Waals surface area contributed by atoms with Crippen LogP contribution < -0.4 is 4.74 Å². The molecule has 6 nitrogen and oxygen atoms in total. The second-order valence-corrected chi connectivity index (χ2v) is 12.7. The van der Waals surface area contributed by atoms with Gasteiger partial charge in [-0.05, 0) is 83.0 Å². The third-order valence-electron chi connectivity index (χ3n) is 9.33. The number of esters is 1. The van der Waals surface area contributed by atoms with Crippen molar-refractivity contribution in [2.24, 2.45) is 0 Å². The number of carbonyl (C=O) groups excluding carboxylic acids is 1. The number of H-pyrrole nitrogens is 2. The summed E-state index contributed by atoms with van der Waals surface area (Å²) in [6, 6.07) is 47.1. The zero-order chi connectivity index (χ0) is 35.0. The summed E-state index contributed by atoms with van der Waals surface area (Å²) in [5.41, 5.74) is 14.9. The molecular formula is C46H32N4O2. The van der Waals surface area contributed by atoms with Crippen LogP contribution in [0.5, 0.6) is 5.75 Å². The highest BCUT2D eigenvalue weighted by Gasteiger charge is 2.19. The van der Waals surface area contributed by atoms with Crippen LogP contribution in [-0.2, 0) is 4.79 Å². The van der Waals surface area contributed by atoms with E-state index in [1.165, 1.54) is 6.92 Å². The van der Waals surface area contributed by atoms with E-state index in [4.69, 9.17) is 14.7 Å². The van der Waals surface area contributed by atoms with Crippen LogP contribution in [0.25, 0.3) is 90.9 Å². The fourth-order valence-corrected chi connectivity index (χ4v) is 7.12. The van der Waals surface area contributed by atoms with E-state index in [0.717, 1.165) is 89.4 Å². The second-order valence-electron chi connectivity index (χ2n) is 12.7. The standard InChI is InChI=1S/C46H32N4O2/c1-29(51)52-34-19-11-18-33(28-34)46-41-26-24-39(49-41)44(31-14-7-3-8-15-31)37-22-20-35(47-37)43(30-12-5-2-6-13-30)36-21-23-38(48-36)45(32-16-9-4-10-17-32)40-25-27-42(46)50-40/h2-28,47,50H,1H3. The van der Waals surface area contributed by atoms with Gasteiger partial charge in [0, 0.05) is 51.2 Å². The van der Waals surface area contributed by atoms with Crippen LogP contribution in [0.1, 0.15) is 29.7 Å². The van der Waals surface area contributed by atoms with E-state index in [-0.39, 0.29) is 5.97 Å². The highest BCUT2D eigenvalue weighted by Crippen LogP contribution is 2.38. The molecule has 0 saturated heterocycles. The number of aromatic nitrogens is 4. The summed E-state index contributed by atoms with van der Waals surface area (Å²) in [4.78, 5) is 30.2. The number of hydrogen-bond donors (Lipinski definition) is 2. The van der Waals surface area contributed by atoms with Gasteiger partial charge in [0.05, 0.1) is 22.8 Å². The number of ether oxygens (including phenoxy) is 1. The molecule has 4 aromatic carbocycles. The quantitative estimate of drug-likeness (QED) is 0.141. The third kappa shape index (κ3) is 5.72. The molecule has 0 saturated carbocycles. The van der Waals surface area contributed by atoms with E-state index >= 15 is 0 Å². The summed E-state index contributed by atoms with van der Waals surface area (Å²) >= 11 is 0. The molecule has 7 aromatic rings. The minimum atomic E-state index is -0.375. The van der Waals surface area contributed by atoms with Gasteiger partial charge in [-0.3, -0.25) is 4.79 Å². The summed E-state index contributed by atoms with van der Waals surface area (Å²) in [5, 5.41) is 0. The maximum Gasteiger partial charge on any atom is 0.308 e. The van der Waals surface area contributed by atoms with Crippen LogP contribution in [0, 0.1) is 0 Å². The van der Waals surface area contributed by atoms with Crippen LogP contribution in [0.15, 0.2) is 140 Å². The zero-order valence-corrected chi connectivity index (χ0v) is 28.3. The molecule has 0 amide bonds. The third-order valence-corrected chi connectivity index (χ3v) is 9.33. The highest BCUT2D eigenvalue weighted by atomic mass is 16.5. The number of benzene rings is 4. The Bertz CT molecular complexity index is 2690. The van der Waals surface area contributed by atoms with Crippen molar-refractivity contribution in [3.8, 4) is 50.3 Å². The Balaban J connectivity index is 1.46. The van der Waals surface area contributed by atoms with Crippen molar-refractivity contribution in [1.29, 1.82) is 0 Å². The first-order valence-electron chi connectivity index (χ1n) is 17.2. The minimum Gasteiger partial charge on any atom is -0.427 e. The Hall–Kier alpha value is -7.05.